The van der Waals surface area contributed by atoms with Crippen molar-refractivity contribution in [1.82, 2.24) is 14.4 Å². The number of anilines is 1. The molecule has 2 aromatic rings. The van der Waals surface area contributed by atoms with Crippen molar-refractivity contribution >= 4 is 17.6 Å². The Bertz CT molecular complexity index is 893. The van der Waals surface area contributed by atoms with Gasteiger partial charge in [0.05, 0.1) is 18.2 Å². The molecule has 3 amide bonds. The Morgan fingerprint density at radius 2 is 1.97 bits per heavy atom. The number of benzene rings is 1. The quantitative estimate of drug-likeness (QED) is 0.747. The van der Waals surface area contributed by atoms with Gasteiger partial charge in [0.1, 0.15) is 6.54 Å². The molecule has 29 heavy (non-hydrogen) atoms. The highest BCUT2D eigenvalue weighted by Gasteiger charge is 2.34. The highest BCUT2D eigenvalue weighted by molar-refractivity contribution is 5.92. The van der Waals surface area contributed by atoms with Gasteiger partial charge in [0, 0.05) is 37.2 Å². The molecule has 0 saturated heterocycles. The Morgan fingerprint density at radius 3 is 2.52 bits per heavy atom. The van der Waals surface area contributed by atoms with Crippen LogP contribution in [0.4, 0.5) is 10.5 Å². The molecule has 3 rings (SSSR count). The number of nitrogens with zero attached hydrogens (tertiary/aromatic N) is 4. The fraction of sp³-hybridized carbons (Fsp3) is 0.409. The maximum atomic E-state index is 13.0. The molecule has 0 bridgehead atoms. The number of rotatable bonds is 8. The first kappa shape index (κ1) is 20.5. The third-order valence-corrected chi connectivity index (χ3v) is 5.06. The Hall–Kier alpha value is -3.27. The zero-order valence-electron chi connectivity index (χ0n) is 17.0. The fourth-order valence-electron chi connectivity index (χ4n) is 3.25. The predicted octanol–water partition coefficient (Wildman–Crippen LogP) is 3.33. The van der Waals surface area contributed by atoms with E-state index in [1.54, 1.807) is 29.2 Å². The number of amides is 3. The summed E-state index contributed by atoms with van der Waals surface area (Å²) >= 11 is 0. The van der Waals surface area contributed by atoms with Crippen molar-refractivity contribution < 1.29 is 9.59 Å². The van der Waals surface area contributed by atoms with Gasteiger partial charge in [-0.1, -0.05) is 6.92 Å². The van der Waals surface area contributed by atoms with Crippen LogP contribution in [0.1, 0.15) is 37.4 Å². The van der Waals surface area contributed by atoms with Gasteiger partial charge in [-0.2, -0.15) is 5.26 Å². The zero-order chi connectivity index (χ0) is 20.8. The zero-order valence-corrected chi connectivity index (χ0v) is 17.0. The molecule has 0 unspecified atom stereocenters. The maximum Gasteiger partial charge on any atom is 0.322 e. The molecule has 0 aliphatic heterocycles. The van der Waals surface area contributed by atoms with Crippen LogP contribution in [-0.2, 0) is 18.4 Å². The van der Waals surface area contributed by atoms with E-state index in [4.69, 9.17) is 5.26 Å². The Morgan fingerprint density at radius 1 is 1.24 bits per heavy atom. The SMILES string of the molecule is CCCN(CC(=O)N(Cc1cccn1C)C1CC1)C(=O)Nc1ccc(C#N)cc1. The van der Waals surface area contributed by atoms with Gasteiger partial charge in [-0.25, -0.2) is 4.79 Å². The highest BCUT2D eigenvalue weighted by atomic mass is 16.2. The summed E-state index contributed by atoms with van der Waals surface area (Å²) in [6.07, 6.45) is 4.76. The van der Waals surface area contributed by atoms with Crippen LogP contribution in [0.3, 0.4) is 0 Å². The van der Waals surface area contributed by atoms with E-state index < -0.39 is 0 Å². The molecular weight excluding hydrogens is 366 g/mol. The van der Waals surface area contributed by atoms with E-state index in [1.165, 1.54) is 0 Å². The van der Waals surface area contributed by atoms with Gasteiger partial charge in [-0.3, -0.25) is 4.79 Å². The summed E-state index contributed by atoms with van der Waals surface area (Å²) in [7, 11) is 1.97. The van der Waals surface area contributed by atoms with Crippen LogP contribution in [-0.4, -0.2) is 45.4 Å². The van der Waals surface area contributed by atoms with Crippen molar-refractivity contribution in [3.63, 3.8) is 0 Å². The lowest BCUT2D eigenvalue weighted by Gasteiger charge is -2.28. The number of aryl methyl sites for hydroxylation is 1. The molecule has 1 aliphatic rings. The molecule has 1 aromatic heterocycles. The standard InChI is InChI=1S/C22H27N5O2/c1-3-12-26(22(29)24-18-8-6-17(14-23)7-9-18)16-21(28)27(19-10-11-19)15-20-5-4-13-25(20)2/h4-9,13,19H,3,10-12,15-16H2,1-2H3,(H,24,29). The van der Waals surface area contributed by atoms with E-state index in [0.29, 0.717) is 24.3 Å². The third-order valence-electron chi connectivity index (χ3n) is 5.06. The van der Waals surface area contributed by atoms with Crippen molar-refractivity contribution in [3.05, 3.63) is 53.9 Å². The lowest BCUT2D eigenvalue weighted by atomic mass is 10.2. The smallest absolute Gasteiger partial charge is 0.322 e. The van der Waals surface area contributed by atoms with E-state index in [9.17, 15) is 9.59 Å². The van der Waals surface area contributed by atoms with Crippen molar-refractivity contribution in [2.75, 3.05) is 18.4 Å². The molecule has 1 aromatic carbocycles. The van der Waals surface area contributed by atoms with Crippen LogP contribution in [0.25, 0.3) is 0 Å². The Labute approximate surface area is 171 Å². The van der Waals surface area contributed by atoms with Crippen LogP contribution < -0.4 is 5.32 Å². The topological polar surface area (TPSA) is 81.4 Å². The van der Waals surface area contributed by atoms with Crippen molar-refractivity contribution in [3.8, 4) is 6.07 Å². The molecule has 152 valence electrons. The molecule has 1 fully saturated rings. The van der Waals surface area contributed by atoms with Crippen LogP contribution >= 0.6 is 0 Å². The van der Waals surface area contributed by atoms with Crippen LogP contribution in [0.2, 0.25) is 0 Å². The minimum absolute atomic E-state index is 0.0304. The number of hydrogen-bond donors (Lipinski definition) is 1. The first-order chi connectivity index (χ1) is 14.0. The Balaban J connectivity index is 1.65. The van der Waals surface area contributed by atoms with E-state index in [1.807, 2.05) is 41.8 Å². The number of urea groups is 1. The number of carbonyl (C=O) groups excluding carboxylic acids is 2. The number of aromatic nitrogens is 1. The molecular formula is C22H27N5O2. The van der Waals surface area contributed by atoms with Gasteiger partial charge in [0.25, 0.3) is 0 Å². The van der Waals surface area contributed by atoms with Gasteiger partial charge in [0.2, 0.25) is 5.91 Å². The summed E-state index contributed by atoms with van der Waals surface area (Å²) in [4.78, 5) is 29.2. The summed E-state index contributed by atoms with van der Waals surface area (Å²) in [6, 6.07) is 12.7. The number of nitrogens with one attached hydrogen (secondary N) is 1. The predicted molar refractivity (Wildman–Crippen MR) is 111 cm³/mol. The van der Waals surface area contributed by atoms with Gasteiger partial charge >= 0.3 is 6.03 Å². The first-order valence-corrected chi connectivity index (χ1v) is 9.97. The second-order valence-electron chi connectivity index (χ2n) is 7.40. The van der Waals surface area contributed by atoms with Crippen molar-refractivity contribution in [2.45, 2.75) is 38.8 Å². The lowest BCUT2D eigenvalue weighted by Crippen LogP contribution is -2.45. The minimum atomic E-state index is -0.306. The summed E-state index contributed by atoms with van der Waals surface area (Å²) < 4.78 is 2.02. The highest BCUT2D eigenvalue weighted by Crippen LogP contribution is 2.28. The maximum absolute atomic E-state index is 13.0. The molecule has 1 N–H and O–H groups in total. The molecule has 1 heterocycles. The fourth-order valence-corrected chi connectivity index (χ4v) is 3.25. The monoisotopic (exact) mass is 393 g/mol. The minimum Gasteiger partial charge on any atom is -0.353 e. The molecule has 7 nitrogen and oxygen atoms in total. The molecule has 0 atom stereocenters. The van der Waals surface area contributed by atoms with E-state index in [0.717, 1.165) is 25.0 Å². The van der Waals surface area contributed by atoms with Gasteiger partial charge in [0.15, 0.2) is 0 Å². The van der Waals surface area contributed by atoms with Crippen molar-refractivity contribution in [2.24, 2.45) is 7.05 Å². The summed E-state index contributed by atoms with van der Waals surface area (Å²) in [5, 5.41) is 11.7. The average molecular weight is 393 g/mol. The molecule has 7 heteroatoms. The third kappa shape index (κ3) is 5.38. The normalized spacial score (nSPS) is 12.9. The van der Waals surface area contributed by atoms with Crippen LogP contribution in [0.5, 0.6) is 0 Å². The molecule has 1 saturated carbocycles. The second kappa shape index (κ2) is 9.28. The lowest BCUT2D eigenvalue weighted by molar-refractivity contribution is -0.133. The van der Waals surface area contributed by atoms with E-state index >= 15 is 0 Å². The molecule has 1 aliphatic carbocycles. The van der Waals surface area contributed by atoms with Crippen LogP contribution in [0.15, 0.2) is 42.6 Å². The molecule has 0 spiro atoms. The van der Waals surface area contributed by atoms with E-state index in [2.05, 4.69) is 11.4 Å². The number of carbonyl (C=O) groups is 2. The first-order valence-electron chi connectivity index (χ1n) is 9.97. The Kier molecular flexibility index (Phi) is 6.55. The van der Waals surface area contributed by atoms with Gasteiger partial charge < -0.3 is 19.7 Å². The average Bonchev–Trinajstić information content (AvgIpc) is 3.48. The summed E-state index contributed by atoms with van der Waals surface area (Å²) in [6.45, 7) is 3.09. The van der Waals surface area contributed by atoms with Gasteiger partial charge in [-0.15, -0.1) is 0 Å². The van der Waals surface area contributed by atoms with E-state index in [-0.39, 0.29) is 24.5 Å². The molecule has 0 radical (unpaired) electrons. The second-order valence-corrected chi connectivity index (χ2v) is 7.40. The summed E-state index contributed by atoms with van der Waals surface area (Å²) in [5.41, 5.74) is 2.21. The summed E-state index contributed by atoms with van der Waals surface area (Å²) in [5.74, 6) is -0.0304. The van der Waals surface area contributed by atoms with Gasteiger partial charge in [-0.05, 0) is 55.7 Å². The number of hydrogen-bond acceptors (Lipinski definition) is 3. The largest absolute Gasteiger partial charge is 0.353 e. The van der Waals surface area contributed by atoms with Crippen LogP contribution in [0, 0.1) is 11.3 Å². The number of nitriles is 1. The van der Waals surface area contributed by atoms with Crippen molar-refractivity contribution in [1.29, 1.82) is 5.26 Å².